The molecule has 46 heavy (non-hydrogen) atoms. The highest BCUT2D eigenvalue weighted by molar-refractivity contribution is 7.77. The van der Waals surface area contributed by atoms with Crippen LogP contribution in [-0.4, -0.2) is 11.7 Å². The first-order chi connectivity index (χ1) is 22.7. The topological polar surface area (TPSA) is 14.2 Å². The summed E-state index contributed by atoms with van der Waals surface area (Å²) in [5.41, 5.74) is 11.3. The van der Waals surface area contributed by atoms with Crippen LogP contribution in [0.25, 0.3) is 28.5 Å². The summed E-state index contributed by atoms with van der Waals surface area (Å²) in [7, 11) is 0.947. The van der Waals surface area contributed by atoms with E-state index in [1.165, 1.54) is 55.1 Å². The highest BCUT2D eigenvalue weighted by atomic mass is 31.1. The molecule has 1 unspecified atom stereocenters. The molecule has 0 radical (unpaired) electrons. The van der Waals surface area contributed by atoms with Crippen LogP contribution in [0, 0.1) is 0 Å². The van der Waals surface area contributed by atoms with Gasteiger partial charge in [0.15, 0.2) is 0 Å². The molecule has 0 bridgehead atoms. The minimum absolute atomic E-state index is 0.779. The van der Waals surface area contributed by atoms with Crippen LogP contribution >= 0.6 is 7.92 Å². The number of benzene rings is 3. The molecule has 2 aliphatic rings. The van der Waals surface area contributed by atoms with Crippen LogP contribution in [0.3, 0.4) is 0 Å². The van der Waals surface area contributed by atoms with Crippen LogP contribution in [0.15, 0.2) is 151 Å². The highest BCUT2D eigenvalue weighted by Gasteiger charge is 2.35. The Hall–Kier alpha value is -4.65. The number of rotatable bonds is 8. The van der Waals surface area contributed by atoms with Gasteiger partial charge in [0, 0.05) is 40.9 Å². The normalized spacial score (nSPS) is 18.0. The first-order valence-corrected chi connectivity index (χ1v) is 17.6. The Labute approximate surface area is 275 Å². The number of nitrogens with zero attached hydrogens (tertiary/aromatic N) is 1. The molecule has 2 heterocycles. The molecule has 1 aromatic heterocycles. The zero-order valence-electron chi connectivity index (χ0n) is 27.3. The second kappa shape index (κ2) is 14.6. The lowest BCUT2D eigenvalue weighted by atomic mass is 9.96. The molecule has 0 saturated heterocycles. The number of hydrogen-bond acceptors (Lipinski definition) is 1. The molecular weight excluding hydrogens is 577 g/mol. The van der Waals surface area contributed by atoms with Crippen molar-refractivity contribution in [1.29, 1.82) is 0 Å². The Bertz CT molecular complexity index is 1910. The van der Waals surface area contributed by atoms with Crippen LogP contribution in [0.5, 0.6) is 0 Å². The fourth-order valence-electron chi connectivity index (χ4n) is 6.69. The molecule has 0 fully saturated rings. The van der Waals surface area contributed by atoms with Gasteiger partial charge >= 0.3 is 0 Å². The maximum Gasteiger partial charge on any atom is 0.0860 e. The van der Waals surface area contributed by atoms with Gasteiger partial charge in [-0.1, -0.05) is 134 Å². The van der Waals surface area contributed by atoms with E-state index in [-0.39, 0.29) is 0 Å². The number of fused-ring (bicyclic) bond motifs is 5. The van der Waals surface area contributed by atoms with Crippen molar-refractivity contribution in [2.45, 2.75) is 40.0 Å². The van der Waals surface area contributed by atoms with E-state index < -0.39 is 7.92 Å². The zero-order valence-corrected chi connectivity index (χ0v) is 28.2. The fraction of sp³-hybridized carbons (Fsp3) is 0.163. The molecule has 0 amide bonds. The van der Waals surface area contributed by atoms with Crippen molar-refractivity contribution in [3.8, 4) is 11.1 Å². The second-order valence-electron chi connectivity index (χ2n) is 11.5. The lowest BCUT2D eigenvalue weighted by Gasteiger charge is -2.25. The summed E-state index contributed by atoms with van der Waals surface area (Å²) in [6.07, 6.45) is 25.0. The van der Waals surface area contributed by atoms with Crippen molar-refractivity contribution in [3.63, 3.8) is 0 Å². The van der Waals surface area contributed by atoms with Gasteiger partial charge in [-0.05, 0) is 73.0 Å². The molecule has 6 rings (SSSR count). The van der Waals surface area contributed by atoms with E-state index in [4.69, 9.17) is 4.74 Å². The Morgan fingerprint density at radius 3 is 2.37 bits per heavy atom. The van der Waals surface area contributed by atoms with E-state index >= 15 is 0 Å². The lowest BCUT2D eigenvalue weighted by molar-refractivity contribution is 0.334. The largest absolute Gasteiger partial charge is 0.504 e. The fourth-order valence-corrected chi connectivity index (χ4v) is 9.48. The van der Waals surface area contributed by atoms with Crippen LogP contribution in [0.2, 0.25) is 0 Å². The van der Waals surface area contributed by atoms with Gasteiger partial charge in [-0.15, -0.1) is 0 Å². The number of allylic oxidation sites excluding steroid dienone is 12. The lowest BCUT2D eigenvalue weighted by Crippen LogP contribution is -2.14. The Morgan fingerprint density at radius 2 is 1.65 bits per heavy atom. The predicted octanol–water partition coefficient (Wildman–Crippen LogP) is 10.6. The minimum atomic E-state index is -0.789. The maximum absolute atomic E-state index is 5.66. The Morgan fingerprint density at radius 1 is 0.913 bits per heavy atom. The molecule has 0 saturated carbocycles. The van der Waals surface area contributed by atoms with Gasteiger partial charge in [0.05, 0.1) is 19.1 Å². The van der Waals surface area contributed by atoms with Crippen molar-refractivity contribution in [2.24, 2.45) is 0 Å². The van der Waals surface area contributed by atoms with E-state index in [2.05, 4.69) is 165 Å². The van der Waals surface area contributed by atoms with Crippen molar-refractivity contribution in [3.05, 3.63) is 173 Å². The van der Waals surface area contributed by atoms with Crippen molar-refractivity contribution in [2.75, 3.05) is 7.11 Å². The van der Waals surface area contributed by atoms with Gasteiger partial charge in [-0.3, -0.25) is 0 Å². The van der Waals surface area contributed by atoms with Gasteiger partial charge in [0.1, 0.15) is 0 Å². The highest BCUT2D eigenvalue weighted by Crippen LogP contribution is 2.57. The molecule has 3 heteroatoms. The van der Waals surface area contributed by atoms with E-state index in [0.29, 0.717) is 0 Å². The second-order valence-corrected chi connectivity index (χ2v) is 13.6. The van der Waals surface area contributed by atoms with Crippen LogP contribution in [0.4, 0.5) is 0 Å². The van der Waals surface area contributed by atoms with E-state index in [0.717, 1.165) is 30.5 Å². The summed E-state index contributed by atoms with van der Waals surface area (Å²) in [5, 5.41) is 4.21. The van der Waals surface area contributed by atoms with Gasteiger partial charge in [-0.25, -0.2) is 0 Å². The average Bonchev–Trinajstić information content (AvgIpc) is 3.18. The molecule has 2 nitrogen and oxygen atoms in total. The molecule has 0 spiro atoms. The molecule has 1 atom stereocenters. The van der Waals surface area contributed by atoms with Crippen molar-refractivity contribution >= 4 is 35.9 Å². The first-order valence-electron chi connectivity index (χ1n) is 16.2. The van der Waals surface area contributed by atoms with E-state index in [9.17, 15) is 0 Å². The third-order valence-electron chi connectivity index (χ3n) is 8.47. The number of methoxy groups -OCH3 is 1. The number of aromatic nitrogens is 1. The summed E-state index contributed by atoms with van der Waals surface area (Å²) in [5.74, 6) is 0. The third-order valence-corrected chi connectivity index (χ3v) is 11.1. The van der Waals surface area contributed by atoms with Crippen LogP contribution in [0.1, 0.15) is 49.7 Å². The van der Waals surface area contributed by atoms with Gasteiger partial charge in [-0.2, -0.15) is 0 Å². The average molecular weight is 620 g/mol. The minimum Gasteiger partial charge on any atom is -0.504 e. The quantitative estimate of drug-likeness (QED) is 0.109. The summed E-state index contributed by atoms with van der Waals surface area (Å²) in [4.78, 5) is 0. The molecule has 0 N–H and O–H groups in total. The Kier molecular flexibility index (Phi) is 9.97. The number of ether oxygens (including phenoxy) is 1. The summed E-state index contributed by atoms with van der Waals surface area (Å²) >= 11 is 0. The molecular formula is C43H42NOP. The van der Waals surface area contributed by atoms with Crippen LogP contribution in [-0.2, 0) is 17.6 Å². The SMILES string of the molecule is C\C=C/C(=C\C(=C\OC)Cc1ccccc1)n1c2c(c3c1C(=C/C)/C(=C\CC)P(c1ccccc1)c1ccccc1-3)C=CC=CC2. The smallest absolute Gasteiger partial charge is 0.0860 e. The third kappa shape index (κ3) is 6.11. The first kappa shape index (κ1) is 31.3. The van der Waals surface area contributed by atoms with Crippen LogP contribution < -0.4 is 10.6 Å². The number of hydrogen-bond donors (Lipinski definition) is 0. The van der Waals surface area contributed by atoms with Gasteiger partial charge in [0.2, 0.25) is 0 Å². The molecule has 3 aromatic carbocycles. The van der Waals surface area contributed by atoms with Crippen molar-refractivity contribution < 1.29 is 4.74 Å². The summed E-state index contributed by atoms with van der Waals surface area (Å²) in [6.45, 7) is 6.57. The molecule has 4 aromatic rings. The molecule has 1 aliphatic heterocycles. The predicted molar refractivity (Wildman–Crippen MR) is 201 cm³/mol. The van der Waals surface area contributed by atoms with Crippen molar-refractivity contribution in [1.82, 2.24) is 4.57 Å². The zero-order chi connectivity index (χ0) is 31.9. The molecule has 230 valence electrons. The summed E-state index contributed by atoms with van der Waals surface area (Å²) in [6, 6.07) is 30.9. The maximum atomic E-state index is 5.66. The summed E-state index contributed by atoms with van der Waals surface area (Å²) < 4.78 is 8.20. The standard InChI is InChI=1S/C43H42NOP/c1-5-19-34(30-33(31-45-4)29-32-21-11-8-12-22-32)44-39-27-16-10-15-25-37(39)42-38-26-17-18-28-41(38)46(35-23-13-9-14-24-35)40(20-6-2)36(7-3)43(42)44/h5,7-26,28,30-31H,6,27,29H2,1-4H3/b19-5-,33-31+,34-30+,36-7+,40-20+. The molecule has 1 aliphatic carbocycles. The van der Waals surface area contributed by atoms with Gasteiger partial charge in [0.25, 0.3) is 0 Å². The van der Waals surface area contributed by atoms with E-state index in [1.54, 1.807) is 7.11 Å². The monoisotopic (exact) mass is 619 g/mol. The van der Waals surface area contributed by atoms with Gasteiger partial charge < -0.3 is 9.30 Å². The van der Waals surface area contributed by atoms with E-state index in [1.807, 2.05) is 6.26 Å². The Balaban J connectivity index is 1.70.